The summed E-state index contributed by atoms with van der Waals surface area (Å²) in [6.07, 6.45) is 0.937. The fraction of sp³-hybridized carbons (Fsp3) is 0.650. The minimum absolute atomic E-state index is 0.0299. The molecule has 0 bridgehead atoms. The maximum Gasteiger partial charge on any atom is 0.305 e. The van der Waals surface area contributed by atoms with Crippen molar-refractivity contribution in [3.8, 4) is 17.2 Å². The molecule has 1 aromatic carbocycles. The van der Waals surface area contributed by atoms with Crippen LogP contribution in [0.1, 0.15) is 37.7 Å². The lowest BCUT2D eigenvalue weighted by atomic mass is 10.00. The second-order valence-electron chi connectivity index (χ2n) is 7.16. The van der Waals surface area contributed by atoms with Crippen LogP contribution in [0.3, 0.4) is 0 Å². The molecule has 1 aliphatic rings. The topological polar surface area (TPSA) is 116 Å². The molecule has 9 heteroatoms. The van der Waals surface area contributed by atoms with Gasteiger partial charge in [-0.2, -0.15) is 0 Å². The molecule has 0 unspecified atom stereocenters. The number of thioether (sulfide) groups is 2. The van der Waals surface area contributed by atoms with Crippen LogP contribution >= 0.6 is 23.5 Å². The monoisotopic (exact) mass is 446 g/mol. The van der Waals surface area contributed by atoms with Crippen molar-refractivity contribution in [2.75, 3.05) is 25.7 Å². The molecule has 4 N–H and O–H groups in total. The highest BCUT2D eigenvalue weighted by molar-refractivity contribution is 8.18. The Morgan fingerprint density at radius 1 is 1.14 bits per heavy atom. The zero-order valence-corrected chi connectivity index (χ0v) is 18.4. The van der Waals surface area contributed by atoms with Crippen molar-refractivity contribution >= 4 is 29.5 Å². The number of aryl methyl sites for hydroxylation is 1. The Balaban J connectivity index is 2.07. The van der Waals surface area contributed by atoms with E-state index in [1.54, 1.807) is 12.1 Å². The summed E-state index contributed by atoms with van der Waals surface area (Å²) in [6, 6.07) is 3.58. The molecule has 1 aliphatic heterocycles. The van der Waals surface area contributed by atoms with E-state index in [0.717, 1.165) is 29.9 Å². The first kappa shape index (κ1) is 24.0. The quantitative estimate of drug-likeness (QED) is 0.407. The van der Waals surface area contributed by atoms with E-state index < -0.39 is 18.2 Å². The molecule has 0 radical (unpaired) electrons. The highest BCUT2D eigenvalue weighted by Crippen LogP contribution is 2.49. The van der Waals surface area contributed by atoms with Gasteiger partial charge in [-0.15, -0.1) is 23.5 Å². The fourth-order valence-corrected chi connectivity index (χ4v) is 6.90. The third kappa shape index (κ3) is 7.16. The first-order chi connectivity index (χ1) is 13.8. The Kier molecular flexibility index (Phi) is 9.26. The minimum atomic E-state index is -1.07. The molecule has 2 atom stereocenters. The molecular weight excluding hydrogens is 416 g/mol. The highest BCUT2D eigenvalue weighted by atomic mass is 32.2. The van der Waals surface area contributed by atoms with Crippen LogP contribution < -0.4 is 9.47 Å². The number of hydrogen-bond acceptors (Lipinski definition) is 8. The summed E-state index contributed by atoms with van der Waals surface area (Å²) < 4.78 is 10.2. The molecule has 1 heterocycles. The van der Waals surface area contributed by atoms with Gasteiger partial charge in [-0.3, -0.25) is 4.79 Å². The van der Waals surface area contributed by atoms with Crippen LogP contribution in [-0.4, -0.2) is 68.4 Å². The molecule has 7 nitrogen and oxygen atoms in total. The summed E-state index contributed by atoms with van der Waals surface area (Å²) in [6.45, 7) is 0. The molecular formula is C20H30O7S2. The van der Waals surface area contributed by atoms with Crippen LogP contribution in [0.15, 0.2) is 12.1 Å². The van der Waals surface area contributed by atoms with E-state index in [9.17, 15) is 20.1 Å². The number of hydrogen-bond donors (Lipinski definition) is 4. The van der Waals surface area contributed by atoms with E-state index in [1.165, 1.54) is 14.2 Å². The van der Waals surface area contributed by atoms with Crippen molar-refractivity contribution in [1.29, 1.82) is 0 Å². The second-order valence-corrected chi connectivity index (χ2v) is 10.4. The van der Waals surface area contributed by atoms with Gasteiger partial charge < -0.3 is 29.9 Å². The number of ether oxygens (including phenoxy) is 2. The van der Waals surface area contributed by atoms with Gasteiger partial charge in [0.2, 0.25) is 5.75 Å². The molecule has 0 saturated carbocycles. The average Bonchev–Trinajstić information content (AvgIpc) is 2.67. The van der Waals surface area contributed by atoms with Crippen molar-refractivity contribution in [3.05, 3.63) is 17.7 Å². The van der Waals surface area contributed by atoms with Crippen molar-refractivity contribution in [2.24, 2.45) is 0 Å². The second kappa shape index (κ2) is 11.2. The minimum Gasteiger partial charge on any atom is -0.502 e. The third-order valence-electron chi connectivity index (χ3n) is 4.85. The van der Waals surface area contributed by atoms with Crippen LogP contribution in [0.4, 0.5) is 0 Å². The number of carboxylic acid groups (broad SMARTS) is 1. The molecule has 1 fully saturated rings. The largest absolute Gasteiger partial charge is 0.502 e. The number of aliphatic carboxylic acids is 1. The number of carbonyl (C=O) groups is 1. The molecule has 2 rings (SSSR count). The van der Waals surface area contributed by atoms with Crippen molar-refractivity contribution in [3.63, 3.8) is 0 Å². The van der Waals surface area contributed by atoms with Crippen LogP contribution in [0.25, 0.3) is 0 Å². The summed E-state index contributed by atoms with van der Waals surface area (Å²) in [4.78, 5) is 10.7. The summed E-state index contributed by atoms with van der Waals surface area (Å²) in [5.74, 6) is 1.61. The molecule has 0 spiro atoms. The first-order valence-electron chi connectivity index (χ1n) is 9.58. The smallest absolute Gasteiger partial charge is 0.305 e. The molecule has 1 aromatic rings. The highest BCUT2D eigenvalue weighted by Gasteiger charge is 2.36. The molecule has 164 valence electrons. The summed E-state index contributed by atoms with van der Waals surface area (Å²) in [5, 5.41) is 39.2. The molecule has 1 saturated heterocycles. The number of methoxy groups -OCH3 is 2. The first-order valence-corrected chi connectivity index (χ1v) is 11.6. The zero-order valence-electron chi connectivity index (χ0n) is 16.8. The van der Waals surface area contributed by atoms with Gasteiger partial charge in [0.1, 0.15) is 0 Å². The molecule has 29 heavy (non-hydrogen) atoms. The van der Waals surface area contributed by atoms with Crippen molar-refractivity contribution in [2.45, 2.75) is 54.8 Å². The number of benzene rings is 1. The van der Waals surface area contributed by atoms with Gasteiger partial charge in [0.15, 0.2) is 11.5 Å². The van der Waals surface area contributed by atoms with Gasteiger partial charge >= 0.3 is 5.97 Å². The maximum absolute atomic E-state index is 10.7. The van der Waals surface area contributed by atoms with E-state index in [2.05, 4.69) is 0 Å². The molecule has 0 aliphatic carbocycles. The summed E-state index contributed by atoms with van der Waals surface area (Å²) in [7, 11) is 2.98. The van der Waals surface area contributed by atoms with E-state index in [-0.39, 0.29) is 22.7 Å². The number of aromatic hydroxyl groups is 1. The number of phenolic OH excluding ortho intramolecular Hbond substituents is 1. The van der Waals surface area contributed by atoms with E-state index >= 15 is 0 Å². The number of aliphatic hydroxyl groups excluding tert-OH is 2. The number of rotatable bonds is 11. The van der Waals surface area contributed by atoms with Gasteiger partial charge in [0, 0.05) is 0 Å². The lowest BCUT2D eigenvalue weighted by Gasteiger charge is -2.38. The number of aliphatic hydroxyl groups is 2. The predicted octanol–water partition coefficient (Wildman–Crippen LogP) is 2.89. The maximum atomic E-state index is 10.7. The lowest BCUT2D eigenvalue weighted by Crippen LogP contribution is -2.33. The van der Waals surface area contributed by atoms with Crippen LogP contribution in [0.2, 0.25) is 0 Å². The fourth-order valence-electron chi connectivity index (χ4n) is 3.45. The normalized spacial score (nSPS) is 18.1. The lowest BCUT2D eigenvalue weighted by molar-refractivity contribution is -0.139. The Labute approximate surface area is 179 Å². The summed E-state index contributed by atoms with van der Waals surface area (Å²) in [5.41, 5.74) is 0.961. The van der Waals surface area contributed by atoms with Gasteiger partial charge in [-0.1, -0.05) is 0 Å². The van der Waals surface area contributed by atoms with E-state index in [4.69, 9.17) is 14.6 Å². The van der Waals surface area contributed by atoms with E-state index in [1.807, 2.05) is 23.5 Å². The Hall–Kier alpha value is -1.29. The molecule has 0 aromatic heterocycles. The number of carboxylic acids is 1. The standard InChI is InChI=1S/C20H30O7S2/c1-26-16-8-13(9-17(27-2)19(16)25)4-5-20(28-6-3-7-29-20)12-15(22)10-14(21)11-18(23)24/h8-9,14-15,21-22,25H,3-7,10-12H2,1-2H3,(H,23,24)/t14-,15+/m1/s1. The van der Waals surface area contributed by atoms with Crippen molar-refractivity contribution < 1.29 is 34.7 Å². The van der Waals surface area contributed by atoms with Crippen LogP contribution in [0.5, 0.6) is 17.2 Å². The molecule has 0 amide bonds. The Bertz CT molecular complexity index is 652. The van der Waals surface area contributed by atoms with Crippen molar-refractivity contribution in [1.82, 2.24) is 0 Å². The average molecular weight is 447 g/mol. The van der Waals surface area contributed by atoms with Crippen LogP contribution in [-0.2, 0) is 11.2 Å². The Morgan fingerprint density at radius 3 is 2.24 bits per heavy atom. The Morgan fingerprint density at radius 2 is 1.72 bits per heavy atom. The van der Waals surface area contributed by atoms with Gasteiger partial charge in [0.05, 0.1) is 36.9 Å². The predicted molar refractivity (Wildman–Crippen MR) is 115 cm³/mol. The van der Waals surface area contributed by atoms with Gasteiger partial charge in [-0.05, 0) is 61.3 Å². The SMILES string of the molecule is COc1cc(CCC2(C[C@@H](O)C[C@@H](O)CC(=O)O)SCCCS2)cc(OC)c1O. The zero-order chi connectivity index (χ0) is 21.4. The van der Waals surface area contributed by atoms with Crippen LogP contribution in [0, 0.1) is 0 Å². The van der Waals surface area contributed by atoms with Gasteiger partial charge in [-0.25, -0.2) is 0 Å². The summed E-state index contributed by atoms with van der Waals surface area (Å²) >= 11 is 3.63. The van der Waals surface area contributed by atoms with Gasteiger partial charge in [0.25, 0.3) is 0 Å². The number of phenols is 1. The third-order valence-corrected chi connectivity index (χ3v) is 8.34. The van der Waals surface area contributed by atoms with E-state index in [0.29, 0.717) is 24.3 Å².